The first kappa shape index (κ1) is 16.9. The molecule has 1 atom stereocenters. The molecule has 6 nitrogen and oxygen atoms in total. The molecule has 0 aliphatic carbocycles. The lowest BCUT2D eigenvalue weighted by Crippen LogP contribution is -2.47. The SMILES string of the molecule is Cc1cccc(Cl)c1OCCNC(=O)NC[C@H]1CNCCO1. The molecule has 0 aromatic heterocycles. The molecule has 1 aromatic rings. The van der Waals surface area contributed by atoms with Gasteiger partial charge in [0.1, 0.15) is 12.4 Å². The van der Waals surface area contributed by atoms with Crippen LogP contribution in [0.15, 0.2) is 18.2 Å². The summed E-state index contributed by atoms with van der Waals surface area (Å²) in [5.74, 6) is 0.660. The summed E-state index contributed by atoms with van der Waals surface area (Å²) in [6.07, 6.45) is 0.0292. The van der Waals surface area contributed by atoms with Gasteiger partial charge in [-0.1, -0.05) is 23.7 Å². The Bertz CT molecular complexity index is 473. The van der Waals surface area contributed by atoms with Crippen LogP contribution in [0.25, 0.3) is 0 Å². The van der Waals surface area contributed by atoms with Gasteiger partial charge in [0.15, 0.2) is 0 Å². The number of amides is 2. The first-order valence-corrected chi connectivity index (χ1v) is 7.76. The van der Waals surface area contributed by atoms with Crippen molar-refractivity contribution >= 4 is 17.6 Å². The fourth-order valence-corrected chi connectivity index (χ4v) is 2.41. The minimum absolute atomic E-state index is 0.0292. The van der Waals surface area contributed by atoms with Gasteiger partial charge in [0, 0.05) is 19.6 Å². The normalized spacial score (nSPS) is 17.8. The number of morpholine rings is 1. The minimum atomic E-state index is -0.228. The van der Waals surface area contributed by atoms with Crippen molar-refractivity contribution in [3.8, 4) is 5.75 Å². The van der Waals surface area contributed by atoms with Crippen LogP contribution in [-0.2, 0) is 4.74 Å². The largest absolute Gasteiger partial charge is 0.490 e. The molecule has 3 N–H and O–H groups in total. The van der Waals surface area contributed by atoms with E-state index in [2.05, 4.69) is 16.0 Å². The number of carbonyl (C=O) groups is 1. The van der Waals surface area contributed by atoms with Crippen LogP contribution in [0.2, 0.25) is 5.02 Å². The van der Waals surface area contributed by atoms with E-state index in [1.165, 1.54) is 0 Å². The van der Waals surface area contributed by atoms with Gasteiger partial charge in [0.25, 0.3) is 0 Å². The van der Waals surface area contributed by atoms with E-state index in [0.29, 0.717) is 37.1 Å². The van der Waals surface area contributed by atoms with Gasteiger partial charge in [-0.15, -0.1) is 0 Å². The van der Waals surface area contributed by atoms with Gasteiger partial charge in [0.2, 0.25) is 0 Å². The number of nitrogens with one attached hydrogen (secondary N) is 3. The topological polar surface area (TPSA) is 71.6 Å². The number of para-hydroxylation sites is 1. The van der Waals surface area contributed by atoms with Crippen molar-refractivity contribution in [1.82, 2.24) is 16.0 Å². The second-order valence-corrected chi connectivity index (χ2v) is 5.48. The molecule has 7 heteroatoms. The molecule has 1 fully saturated rings. The highest BCUT2D eigenvalue weighted by Crippen LogP contribution is 2.27. The van der Waals surface area contributed by atoms with E-state index in [0.717, 1.165) is 18.7 Å². The molecule has 2 amide bonds. The van der Waals surface area contributed by atoms with E-state index < -0.39 is 0 Å². The van der Waals surface area contributed by atoms with Crippen LogP contribution < -0.4 is 20.7 Å². The molecule has 0 saturated carbocycles. The summed E-state index contributed by atoms with van der Waals surface area (Å²) < 4.78 is 11.1. The smallest absolute Gasteiger partial charge is 0.315 e. The van der Waals surface area contributed by atoms with E-state index in [-0.39, 0.29) is 12.1 Å². The number of carbonyl (C=O) groups excluding carboxylic acids is 1. The highest BCUT2D eigenvalue weighted by Gasteiger charge is 2.13. The Morgan fingerprint density at radius 1 is 1.50 bits per heavy atom. The van der Waals surface area contributed by atoms with Crippen LogP contribution >= 0.6 is 11.6 Å². The molecule has 0 radical (unpaired) electrons. The maximum absolute atomic E-state index is 11.7. The number of ether oxygens (including phenoxy) is 2. The summed E-state index contributed by atoms with van der Waals surface area (Å²) in [6.45, 7) is 5.48. The van der Waals surface area contributed by atoms with Gasteiger partial charge in [0.05, 0.1) is 24.3 Å². The average Bonchev–Trinajstić information content (AvgIpc) is 2.53. The number of benzene rings is 1. The third-order valence-electron chi connectivity index (χ3n) is 3.29. The lowest BCUT2D eigenvalue weighted by atomic mass is 10.2. The highest BCUT2D eigenvalue weighted by molar-refractivity contribution is 6.32. The zero-order valence-corrected chi connectivity index (χ0v) is 13.4. The Morgan fingerprint density at radius 3 is 3.09 bits per heavy atom. The second-order valence-electron chi connectivity index (χ2n) is 5.07. The summed E-state index contributed by atoms with van der Waals surface area (Å²) in [6, 6.07) is 5.36. The Kier molecular flexibility index (Phi) is 6.76. The van der Waals surface area contributed by atoms with Crippen LogP contribution in [0, 0.1) is 6.92 Å². The van der Waals surface area contributed by atoms with Crippen LogP contribution in [0.3, 0.4) is 0 Å². The molecule has 0 unspecified atom stereocenters. The van der Waals surface area contributed by atoms with Crippen molar-refractivity contribution in [3.63, 3.8) is 0 Å². The third kappa shape index (κ3) is 5.36. The molecular weight excluding hydrogens is 306 g/mol. The summed E-state index contributed by atoms with van der Waals surface area (Å²) in [4.78, 5) is 11.7. The van der Waals surface area contributed by atoms with E-state index in [4.69, 9.17) is 21.1 Å². The zero-order chi connectivity index (χ0) is 15.8. The van der Waals surface area contributed by atoms with Crippen molar-refractivity contribution in [1.29, 1.82) is 0 Å². The minimum Gasteiger partial charge on any atom is -0.490 e. The number of hydrogen-bond donors (Lipinski definition) is 3. The summed E-state index contributed by atoms with van der Waals surface area (Å²) in [5.41, 5.74) is 0.971. The zero-order valence-electron chi connectivity index (χ0n) is 12.7. The Labute approximate surface area is 135 Å². The quantitative estimate of drug-likeness (QED) is 0.689. The number of urea groups is 1. The number of halogens is 1. The molecule has 1 saturated heterocycles. The van der Waals surface area contributed by atoms with Crippen molar-refractivity contribution in [3.05, 3.63) is 28.8 Å². The van der Waals surface area contributed by atoms with Gasteiger partial charge in [-0.25, -0.2) is 4.79 Å². The summed E-state index contributed by atoms with van der Waals surface area (Å²) >= 11 is 6.06. The maximum Gasteiger partial charge on any atom is 0.315 e. The predicted octanol–water partition coefficient (Wildman–Crippen LogP) is 1.31. The molecule has 1 aliphatic heterocycles. The first-order chi connectivity index (χ1) is 10.7. The van der Waals surface area contributed by atoms with E-state index >= 15 is 0 Å². The number of rotatable bonds is 6. The van der Waals surface area contributed by atoms with Gasteiger partial charge >= 0.3 is 6.03 Å². The molecule has 0 spiro atoms. The summed E-state index contributed by atoms with van der Waals surface area (Å²) in [7, 11) is 0. The van der Waals surface area contributed by atoms with Crippen molar-refractivity contribution < 1.29 is 14.3 Å². The Morgan fingerprint density at radius 2 is 2.36 bits per heavy atom. The maximum atomic E-state index is 11.7. The second kappa shape index (κ2) is 8.82. The van der Waals surface area contributed by atoms with Crippen molar-refractivity contribution in [2.75, 3.05) is 39.4 Å². The van der Waals surface area contributed by atoms with E-state index in [1.807, 2.05) is 19.1 Å². The number of aryl methyl sites for hydroxylation is 1. The van der Waals surface area contributed by atoms with Gasteiger partial charge in [-0.2, -0.15) is 0 Å². The van der Waals surface area contributed by atoms with Gasteiger partial charge in [-0.3, -0.25) is 0 Å². The van der Waals surface area contributed by atoms with Gasteiger partial charge < -0.3 is 25.4 Å². The molecule has 1 aromatic carbocycles. The van der Waals surface area contributed by atoms with Crippen LogP contribution in [0.1, 0.15) is 5.56 Å². The van der Waals surface area contributed by atoms with Crippen molar-refractivity contribution in [2.24, 2.45) is 0 Å². The molecule has 0 bridgehead atoms. The molecule has 2 rings (SSSR count). The highest BCUT2D eigenvalue weighted by atomic mass is 35.5. The predicted molar refractivity (Wildman–Crippen MR) is 85.7 cm³/mol. The lowest BCUT2D eigenvalue weighted by Gasteiger charge is -2.23. The van der Waals surface area contributed by atoms with Crippen LogP contribution in [0.5, 0.6) is 5.75 Å². The van der Waals surface area contributed by atoms with Crippen LogP contribution in [0.4, 0.5) is 4.79 Å². The molecule has 22 heavy (non-hydrogen) atoms. The monoisotopic (exact) mass is 327 g/mol. The number of hydrogen-bond acceptors (Lipinski definition) is 4. The fourth-order valence-electron chi connectivity index (χ4n) is 2.14. The molecule has 1 heterocycles. The first-order valence-electron chi connectivity index (χ1n) is 7.39. The Balaban J connectivity index is 1.60. The molecule has 122 valence electrons. The van der Waals surface area contributed by atoms with Crippen LogP contribution in [-0.4, -0.2) is 51.5 Å². The Hall–Kier alpha value is -1.50. The van der Waals surface area contributed by atoms with Gasteiger partial charge in [-0.05, 0) is 18.6 Å². The average molecular weight is 328 g/mol. The van der Waals surface area contributed by atoms with E-state index in [9.17, 15) is 4.79 Å². The summed E-state index contributed by atoms with van der Waals surface area (Å²) in [5, 5.41) is 9.30. The third-order valence-corrected chi connectivity index (χ3v) is 3.59. The van der Waals surface area contributed by atoms with Crippen molar-refractivity contribution in [2.45, 2.75) is 13.0 Å². The molecular formula is C15H22ClN3O3. The standard InChI is InChI=1S/C15H22ClN3O3/c1-11-3-2-4-13(16)14(11)22-8-6-18-15(20)19-10-12-9-17-5-7-21-12/h2-4,12,17H,5-10H2,1H3,(H2,18,19,20)/t12-/m1/s1. The van der Waals surface area contributed by atoms with E-state index in [1.54, 1.807) is 6.07 Å². The molecule has 1 aliphatic rings. The fraction of sp³-hybridized carbons (Fsp3) is 0.533. The lowest BCUT2D eigenvalue weighted by molar-refractivity contribution is 0.0307.